The number of nitrogens with zero attached hydrogens (tertiary/aromatic N) is 1. The molecular formula is C16H15F4NO2. The number of halogens is 4. The van der Waals surface area contributed by atoms with Gasteiger partial charge in [-0.1, -0.05) is 19.6 Å². The van der Waals surface area contributed by atoms with Crippen LogP contribution in [0.3, 0.4) is 0 Å². The van der Waals surface area contributed by atoms with Crippen molar-refractivity contribution in [1.29, 1.82) is 0 Å². The molecule has 7 heteroatoms. The highest BCUT2D eigenvalue weighted by Crippen LogP contribution is 2.35. The summed E-state index contributed by atoms with van der Waals surface area (Å²) in [4.78, 5) is 3.97. The molecule has 23 heavy (non-hydrogen) atoms. The molecule has 2 heterocycles. The van der Waals surface area contributed by atoms with Crippen LogP contribution in [0.25, 0.3) is 11.0 Å². The summed E-state index contributed by atoms with van der Waals surface area (Å²) in [6, 6.07) is 2.32. The van der Waals surface area contributed by atoms with E-state index < -0.39 is 24.5 Å². The standard InChI is InChI=1S/C15H11F4NO2.CH4/c16-10-4-3-9(13(21)11-2-1-5-20-11)12-8(6-15(17,18)19)7-22-14(10)12;/h1,3-5,7,13,21H,2,6H2;1H4. The summed E-state index contributed by atoms with van der Waals surface area (Å²) >= 11 is 0. The Morgan fingerprint density at radius 2 is 2.04 bits per heavy atom. The van der Waals surface area contributed by atoms with Gasteiger partial charge < -0.3 is 9.52 Å². The SMILES string of the molecule is C.OC(C1=NC=CC1)c1ccc(F)c2occ(CC(F)(F)F)c12. The second kappa shape index (κ2) is 6.16. The fraction of sp³-hybridized carbons (Fsp3) is 0.312. The third kappa shape index (κ3) is 3.29. The van der Waals surface area contributed by atoms with E-state index in [9.17, 15) is 22.7 Å². The molecule has 3 nitrogen and oxygen atoms in total. The fourth-order valence-electron chi connectivity index (χ4n) is 2.52. The van der Waals surface area contributed by atoms with E-state index in [0.717, 1.165) is 12.3 Å². The molecule has 0 amide bonds. The highest BCUT2D eigenvalue weighted by atomic mass is 19.4. The zero-order chi connectivity index (χ0) is 15.9. The van der Waals surface area contributed by atoms with Crippen molar-refractivity contribution < 1.29 is 27.1 Å². The van der Waals surface area contributed by atoms with Gasteiger partial charge in [0.15, 0.2) is 11.4 Å². The van der Waals surface area contributed by atoms with Crippen molar-refractivity contribution in [2.24, 2.45) is 4.99 Å². The average molecular weight is 329 g/mol. The molecule has 0 fully saturated rings. The number of hydrogen-bond donors (Lipinski definition) is 1. The molecule has 1 unspecified atom stereocenters. The first kappa shape index (κ1) is 17.2. The summed E-state index contributed by atoms with van der Waals surface area (Å²) in [6.45, 7) is 0. The van der Waals surface area contributed by atoms with E-state index in [1.807, 2.05) is 0 Å². The topological polar surface area (TPSA) is 45.7 Å². The quantitative estimate of drug-likeness (QED) is 0.829. The van der Waals surface area contributed by atoms with Crippen molar-refractivity contribution in [3.8, 4) is 0 Å². The number of rotatable bonds is 3. The molecular weight excluding hydrogens is 314 g/mol. The second-order valence-electron chi connectivity index (χ2n) is 5.01. The van der Waals surface area contributed by atoms with Crippen LogP contribution in [0.15, 0.2) is 40.1 Å². The van der Waals surface area contributed by atoms with Crippen molar-refractivity contribution in [2.75, 3.05) is 0 Å². The number of fused-ring (bicyclic) bond motifs is 1. The van der Waals surface area contributed by atoms with Crippen molar-refractivity contribution in [3.05, 3.63) is 47.6 Å². The lowest BCUT2D eigenvalue weighted by Gasteiger charge is -2.14. The highest BCUT2D eigenvalue weighted by Gasteiger charge is 2.32. The van der Waals surface area contributed by atoms with Gasteiger partial charge >= 0.3 is 6.18 Å². The van der Waals surface area contributed by atoms with E-state index in [-0.39, 0.29) is 29.5 Å². The molecule has 1 aliphatic heterocycles. The molecule has 2 aromatic rings. The number of aliphatic hydroxyl groups is 1. The molecule has 1 N–H and O–H groups in total. The third-order valence-corrected chi connectivity index (χ3v) is 3.46. The van der Waals surface area contributed by atoms with Gasteiger partial charge in [-0.2, -0.15) is 13.2 Å². The van der Waals surface area contributed by atoms with Gasteiger partial charge in [-0.15, -0.1) is 0 Å². The summed E-state index contributed by atoms with van der Waals surface area (Å²) < 4.78 is 56.6. The van der Waals surface area contributed by atoms with Crippen LogP contribution in [0.4, 0.5) is 17.6 Å². The van der Waals surface area contributed by atoms with Crippen LogP contribution < -0.4 is 0 Å². The van der Waals surface area contributed by atoms with E-state index >= 15 is 0 Å². The molecule has 0 radical (unpaired) electrons. The van der Waals surface area contributed by atoms with E-state index in [4.69, 9.17) is 4.42 Å². The van der Waals surface area contributed by atoms with E-state index in [2.05, 4.69) is 4.99 Å². The maximum absolute atomic E-state index is 13.8. The lowest BCUT2D eigenvalue weighted by atomic mass is 9.96. The minimum absolute atomic E-state index is 0. The molecule has 1 aromatic heterocycles. The maximum atomic E-state index is 13.8. The normalized spacial score (nSPS) is 15.6. The van der Waals surface area contributed by atoms with Gasteiger partial charge in [-0.25, -0.2) is 4.39 Å². The van der Waals surface area contributed by atoms with Crippen molar-refractivity contribution >= 4 is 16.7 Å². The summed E-state index contributed by atoms with van der Waals surface area (Å²) in [7, 11) is 0. The smallest absolute Gasteiger partial charge is 0.393 e. The number of benzene rings is 1. The van der Waals surface area contributed by atoms with Gasteiger partial charge in [0, 0.05) is 23.6 Å². The number of allylic oxidation sites excluding steroid dienone is 1. The molecule has 3 rings (SSSR count). The predicted octanol–water partition coefficient (Wildman–Crippen LogP) is 4.70. The molecule has 0 aliphatic carbocycles. The van der Waals surface area contributed by atoms with Gasteiger partial charge in [0.2, 0.25) is 0 Å². The van der Waals surface area contributed by atoms with Crippen LogP contribution >= 0.6 is 0 Å². The van der Waals surface area contributed by atoms with Crippen molar-refractivity contribution in [2.45, 2.75) is 32.5 Å². The lowest BCUT2D eigenvalue weighted by molar-refractivity contribution is -0.127. The number of aliphatic imine (C=N–C) groups is 1. The number of hydrogen-bond acceptors (Lipinski definition) is 3. The van der Waals surface area contributed by atoms with Crippen LogP contribution in [0.2, 0.25) is 0 Å². The van der Waals surface area contributed by atoms with E-state index in [1.54, 1.807) is 6.08 Å². The van der Waals surface area contributed by atoms with Gasteiger partial charge in [0.05, 0.1) is 18.4 Å². The lowest BCUT2D eigenvalue weighted by Crippen LogP contribution is -2.13. The van der Waals surface area contributed by atoms with Gasteiger partial charge in [-0.05, 0) is 11.6 Å². The first-order valence-corrected chi connectivity index (χ1v) is 6.51. The van der Waals surface area contributed by atoms with Crippen LogP contribution in [0, 0.1) is 5.82 Å². The zero-order valence-corrected chi connectivity index (χ0v) is 11.2. The van der Waals surface area contributed by atoms with Crippen LogP contribution in [0.5, 0.6) is 0 Å². The highest BCUT2D eigenvalue weighted by molar-refractivity contribution is 5.97. The van der Waals surface area contributed by atoms with Crippen molar-refractivity contribution in [3.63, 3.8) is 0 Å². The van der Waals surface area contributed by atoms with E-state index in [1.165, 1.54) is 12.3 Å². The summed E-state index contributed by atoms with van der Waals surface area (Å²) in [6.07, 6.45) is -2.43. The Balaban J connectivity index is 0.00000192. The molecule has 1 aromatic carbocycles. The van der Waals surface area contributed by atoms with Gasteiger partial charge in [-0.3, -0.25) is 4.99 Å². The molecule has 0 saturated heterocycles. The Labute approximate surface area is 129 Å². The van der Waals surface area contributed by atoms with Crippen LogP contribution in [-0.2, 0) is 6.42 Å². The van der Waals surface area contributed by atoms with Gasteiger partial charge in [0.1, 0.15) is 6.10 Å². The summed E-state index contributed by atoms with van der Waals surface area (Å²) in [5.74, 6) is -0.772. The molecule has 124 valence electrons. The summed E-state index contributed by atoms with van der Waals surface area (Å²) in [5, 5.41) is 10.3. The summed E-state index contributed by atoms with van der Waals surface area (Å²) in [5.41, 5.74) is 0.0591. The van der Waals surface area contributed by atoms with Crippen molar-refractivity contribution in [1.82, 2.24) is 0 Å². The Morgan fingerprint density at radius 3 is 2.65 bits per heavy atom. The van der Waals surface area contributed by atoms with Gasteiger partial charge in [0.25, 0.3) is 0 Å². The third-order valence-electron chi connectivity index (χ3n) is 3.46. The number of alkyl halides is 3. The monoisotopic (exact) mass is 329 g/mol. The fourth-order valence-corrected chi connectivity index (χ4v) is 2.52. The van der Waals surface area contributed by atoms with E-state index in [0.29, 0.717) is 12.1 Å². The minimum Gasteiger partial charge on any atom is -0.461 e. The first-order valence-electron chi connectivity index (χ1n) is 6.51. The largest absolute Gasteiger partial charge is 0.461 e. The zero-order valence-electron chi connectivity index (χ0n) is 11.2. The van der Waals surface area contributed by atoms with Crippen LogP contribution in [0.1, 0.15) is 31.1 Å². The Morgan fingerprint density at radius 1 is 1.30 bits per heavy atom. The Hall–Kier alpha value is -2.15. The molecule has 0 bridgehead atoms. The maximum Gasteiger partial charge on any atom is 0.393 e. The molecule has 1 aliphatic rings. The number of furan rings is 1. The molecule has 0 spiro atoms. The predicted molar refractivity (Wildman–Crippen MR) is 78.8 cm³/mol. The number of aliphatic hydroxyl groups excluding tert-OH is 1. The Kier molecular flexibility index (Phi) is 4.61. The molecule has 0 saturated carbocycles. The molecule has 1 atom stereocenters. The van der Waals surface area contributed by atoms with Crippen LogP contribution in [-0.4, -0.2) is 17.0 Å². The first-order chi connectivity index (χ1) is 10.4. The Bertz CT molecular complexity index is 774. The average Bonchev–Trinajstić information content (AvgIpc) is 3.07. The minimum atomic E-state index is -4.46. The second-order valence-corrected chi connectivity index (χ2v) is 5.01.